The first-order valence-corrected chi connectivity index (χ1v) is 9.09. The fourth-order valence-corrected chi connectivity index (χ4v) is 2.82. The SMILES string of the molecule is COc1ccc(C)cc1NC(=O)c1ccc(N(C)CCc2ccncc2)nc1. The van der Waals surface area contributed by atoms with Gasteiger partial charge in [-0.25, -0.2) is 4.98 Å². The summed E-state index contributed by atoms with van der Waals surface area (Å²) in [4.78, 5) is 23.1. The molecule has 0 aliphatic carbocycles. The predicted molar refractivity (Wildman–Crippen MR) is 111 cm³/mol. The van der Waals surface area contributed by atoms with Crippen LogP contribution in [0.4, 0.5) is 11.5 Å². The van der Waals surface area contributed by atoms with E-state index in [0.29, 0.717) is 17.0 Å². The molecule has 0 saturated heterocycles. The second-order valence-corrected chi connectivity index (χ2v) is 6.59. The van der Waals surface area contributed by atoms with Gasteiger partial charge in [-0.3, -0.25) is 9.78 Å². The minimum atomic E-state index is -0.220. The van der Waals surface area contributed by atoms with Gasteiger partial charge in [0, 0.05) is 32.2 Å². The number of methoxy groups -OCH3 is 1. The molecule has 0 aliphatic heterocycles. The molecular formula is C22H24N4O2. The number of carbonyl (C=O) groups is 1. The molecule has 28 heavy (non-hydrogen) atoms. The third kappa shape index (κ3) is 4.85. The molecule has 0 radical (unpaired) electrons. The number of anilines is 2. The van der Waals surface area contributed by atoms with E-state index >= 15 is 0 Å². The molecule has 0 unspecified atom stereocenters. The summed E-state index contributed by atoms with van der Waals surface area (Å²) in [6, 6.07) is 13.3. The minimum Gasteiger partial charge on any atom is -0.495 e. The second kappa shape index (κ2) is 8.99. The fourth-order valence-electron chi connectivity index (χ4n) is 2.82. The van der Waals surface area contributed by atoms with Crippen molar-refractivity contribution < 1.29 is 9.53 Å². The lowest BCUT2D eigenvalue weighted by Gasteiger charge is -2.18. The lowest BCUT2D eigenvalue weighted by molar-refractivity contribution is 0.102. The monoisotopic (exact) mass is 376 g/mol. The second-order valence-electron chi connectivity index (χ2n) is 6.59. The van der Waals surface area contributed by atoms with Crippen LogP contribution in [-0.2, 0) is 6.42 Å². The highest BCUT2D eigenvalue weighted by atomic mass is 16.5. The number of hydrogen-bond acceptors (Lipinski definition) is 5. The summed E-state index contributed by atoms with van der Waals surface area (Å²) in [7, 11) is 3.57. The number of pyridine rings is 2. The summed E-state index contributed by atoms with van der Waals surface area (Å²) in [6.07, 6.45) is 6.08. The smallest absolute Gasteiger partial charge is 0.257 e. The van der Waals surface area contributed by atoms with Crippen molar-refractivity contribution in [2.45, 2.75) is 13.3 Å². The quantitative estimate of drug-likeness (QED) is 0.681. The summed E-state index contributed by atoms with van der Waals surface area (Å²) in [5, 5.41) is 2.89. The number of ether oxygens (including phenoxy) is 1. The topological polar surface area (TPSA) is 67.3 Å². The van der Waals surface area contributed by atoms with Gasteiger partial charge < -0.3 is 15.0 Å². The highest BCUT2D eigenvalue weighted by molar-refractivity contribution is 6.05. The molecular weight excluding hydrogens is 352 g/mol. The first-order valence-electron chi connectivity index (χ1n) is 9.09. The fraction of sp³-hybridized carbons (Fsp3) is 0.227. The van der Waals surface area contributed by atoms with Gasteiger partial charge in [0.15, 0.2) is 0 Å². The van der Waals surface area contributed by atoms with Gasteiger partial charge in [-0.2, -0.15) is 0 Å². The molecule has 6 heteroatoms. The summed E-state index contributed by atoms with van der Waals surface area (Å²) < 4.78 is 5.31. The Balaban J connectivity index is 1.63. The molecule has 3 aromatic rings. The Kier molecular flexibility index (Phi) is 6.22. The van der Waals surface area contributed by atoms with E-state index in [2.05, 4.69) is 20.2 Å². The number of hydrogen-bond donors (Lipinski definition) is 1. The van der Waals surface area contributed by atoms with E-state index in [9.17, 15) is 4.79 Å². The maximum absolute atomic E-state index is 12.6. The standard InChI is InChI=1S/C22H24N4O2/c1-16-4-6-20(28-3)19(14-16)25-22(27)18-5-7-21(24-15-18)26(2)13-10-17-8-11-23-12-9-17/h4-9,11-12,14-15H,10,13H2,1-3H3,(H,25,27). The molecule has 1 N–H and O–H groups in total. The van der Waals surface area contributed by atoms with Gasteiger partial charge in [-0.15, -0.1) is 0 Å². The van der Waals surface area contributed by atoms with Crippen molar-refractivity contribution >= 4 is 17.4 Å². The van der Waals surface area contributed by atoms with Gasteiger partial charge in [0.05, 0.1) is 18.4 Å². The highest BCUT2D eigenvalue weighted by Gasteiger charge is 2.11. The normalized spacial score (nSPS) is 10.4. The van der Waals surface area contributed by atoms with Crippen LogP contribution in [0.3, 0.4) is 0 Å². The van der Waals surface area contributed by atoms with Crippen molar-refractivity contribution in [3.63, 3.8) is 0 Å². The number of rotatable bonds is 7. The maximum atomic E-state index is 12.6. The van der Waals surface area contributed by atoms with Crippen molar-refractivity contribution in [2.75, 3.05) is 30.9 Å². The lowest BCUT2D eigenvalue weighted by Crippen LogP contribution is -2.21. The van der Waals surface area contributed by atoms with Crippen LogP contribution in [0.5, 0.6) is 5.75 Å². The molecule has 0 saturated carbocycles. The summed E-state index contributed by atoms with van der Waals surface area (Å²) >= 11 is 0. The van der Waals surface area contributed by atoms with Crippen LogP contribution in [-0.4, -0.2) is 36.6 Å². The van der Waals surface area contributed by atoms with E-state index in [-0.39, 0.29) is 5.91 Å². The number of nitrogens with zero attached hydrogens (tertiary/aromatic N) is 3. The zero-order chi connectivity index (χ0) is 19.9. The molecule has 1 aromatic carbocycles. The summed E-state index contributed by atoms with van der Waals surface area (Å²) in [6.45, 7) is 2.79. The predicted octanol–water partition coefficient (Wildman–Crippen LogP) is 3.72. The molecule has 144 valence electrons. The Morgan fingerprint density at radius 3 is 2.61 bits per heavy atom. The maximum Gasteiger partial charge on any atom is 0.257 e. The van der Waals surface area contributed by atoms with Gasteiger partial charge >= 0.3 is 0 Å². The van der Waals surface area contributed by atoms with Gasteiger partial charge in [0.25, 0.3) is 5.91 Å². The molecule has 0 aliphatic rings. The van der Waals surface area contributed by atoms with Crippen molar-refractivity contribution in [3.8, 4) is 5.75 Å². The number of nitrogens with one attached hydrogen (secondary N) is 1. The zero-order valence-corrected chi connectivity index (χ0v) is 16.3. The average Bonchev–Trinajstić information content (AvgIpc) is 2.73. The Labute approximate surface area is 165 Å². The Morgan fingerprint density at radius 1 is 1.14 bits per heavy atom. The Bertz CT molecular complexity index is 927. The van der Waals surface area contributed by atoms with Gasteiger partial charge in [-0.1, -0.05) is 6.07 Å². The molecule has 2 heterocycles. The third-order valence-corrected chi connectivity index (χ3v) is 4.49. The number of aryl methyl sites for hydroxylation is 1. The average molecular weight is 376 g/mol. The Morgan fingerprint density at radius 2 is 1.93 bits per heavy atom. The summed E-state index contributed by atoms with van der Waals surface area (Å²) in [5.74, 6) is 1.22. The lowest BCUT2D eigenvalue weighted by atomic mass is 10.2. The highest BCUT2D eigenvalue weighted by Crippen LogP contribution is 2.25. The van der Waals surface area contributed by atoms with E-state index in [0.717, 1.165) is 24.3 Å². The molecule has 0 fully saturated rings. The number of carbonyl (C=O) groups excluding carboxylic acids is 1. The largest absolute Gasteiger partial charge is 0.495 e. The van der Waals surface area contributed by atoms with E-state index in [1.807, 2.05) is 50.4 Å². The van der Waals surface area contributed by atoms with Crippen LogP contribution >= 0.6 is 0 Å². The van der Waals surface area contributed by atoms with Crippen LogP contribution in [0.1, 0.15) is 21.5 Å². The number of benzene rings is 1. The Hall–Kier alpha value is -3.41. The summed E-state index contributed by atoms with van der Waals surface area (Å²) in [5.41, 5.74) is 3.41. The van der Waals surface area contributed by atoms with Crippen molar-refractivity contribution in [3.05, 3.63) is 77.7 Å². The van der Waals surface area contributed by atoms with Crippen LogP contribution in [0.15, 0.2) is 61.1 Å². The molecule has 1 amide bonds. The van der Waals surface area contributed by atoms with E-state index in [1.54, 1.807) is 31.8 Å². The van der Waals surface area contributed by atoms with Gasteiger partial charge in [-0.05, 0) is 60.9 Å². The van der Waals surface area contributed by atoms with Crippen molar-refractivity contribution in [1.82, 2.24) is 9.97 Å². The van der Waals surface area contributed by atoms with E-state index in [4.69, 9.17) is 4.74 Å². The van der Waals surface area contributed by atoms with Crippen LogP contribution in [0.25, 0.3) is 0 Å². The minimum absolute atomic E-state index is 0.220. The van der Waals surface area contributed by atoms with Gasteiger partial charge in [0.1, 0.15) is 11.6 Å². The number of amides is 1. The van der Waals surface area contributed by atoms with Crippen LogP contribution in [0, 0.1) is 6.92 Å². The van der Waals surface area contributed by atoms with Crippen LogP contribution < -0.4 is 15.0 Å². The number of likely N-dealkylation sites (N-methyl/N-ethyl adjacent to an activating group) is 1. The van der Waals surface area contributed by atoms with Crippen molar-refractivity contribution in [1.29, 1.82) is 0 Å². The molecule has 2 aromatic heterocycles. The van der Waals surface area contributed by atoms with E-state index in [1.165, 1.54) is 5.56 Å². The molecule has 0 atom stereocenters. The first-order chi connectivity index (χ1) is 13.6. The first kappa shape index (κ1) is 19.4. The van der Waals surface area contributed by atoms with E-state index < -0.39 is 0 Å². The third-order valence-electron chi connectivity index (χ3n) is 4.49. The molecule has 6 nitrogen and oxygen atoms in total. The molecule has 0 bridgehead atoms. The molecule has 0 spiro atoms. The molecule has 3 rings (SSSR count). The van der Waals surface area contributed by atoms with Crippen LogP contribution in [0.2, 0.25) is 0 Å². The van der Waals surface area contributed by atoms with Crippen molar-refractivity contribution in [2.24, 2.45) is 0 Å². The zero-order valence-electron chi connectivity index (χ0n) is 16.3. The number of aromatic nitrogens is 2. The van der Waals surface area contributed by atoms with Gasteiger partial charge in [0.2, 0.25) is 0 Å².